The van der Waals surface area contributed by atoms with E-state index in [9.17, 15) is 0 Å². The predicted octanol–water partition coefficient (Wildman–Crippen LogP) is 0.952. The fourth-order valence-corrected chi connectivity index (χ4v) is 1.24. The van der Waals surface area contributed by atoms with Crippen LogP contribution in [0.4, 0.5) is 0 Å². The zero-order chi connectivity index (χ0) is 13.7. The molecule has 0 atom stereocenters. The first kappa shape index (κ1) is 19.4. The molecule has 0 aliphatic carbocycles. The Morgan fingerprint density at radius 1 is 0.941 bits per heavy atom. The number of aliphatic hydroxyl groups excluding tert-OH is 1. The average Bonchev–Trinajstić information content (AvgIpc) is 2.20. The molecule has 7 heteroatoms. The molecule has 6 nitrogen and oxygen atoms in total. The summed E-state index contributed by atoms with van der Waals surface area (Å²) in [5.74, 6) is 0. The number of aliphatic hydroxyl groups is 1. The van der Waals surface area contributed by atoms with Crippen molar-refractivity contribution in [1.82, 2.24) is 4.90 Å². The molecule has 0 saturated carbocycles. The molecule has 4 N–H and O–H groups in total. The van der Waals surface area contributed by atoms with Gasteiger partial charge in [-0.25, -0.2) is 4.57 Å². The highest BCUT2D eigenvalue weighted by molar-refractivity contribution is 7.45. The van der Waals surface area contributed by atoms with Gasteiger partial charge in [0.2, 0.25) is 0 Å². The van der Waals surface area contributed by atoms with E-state index in [-0.39, 0.29) is 0 Å². The van der Waals surface area contributed by atoms with E-state index in [1.165, 1.54) is 25.7 Å². The minimum atomic E-state index is -4.64. The summed E-state index contributed by atoms with van der Waals surface area (Å²) in [4.78, 5) is 23.9. The maximum Gasteiger partial charge on any atom is 0.466 e. The highest BCUT2D eigenvalue weighted by Gasteiger charge is 2.01. The van der Waals surface area contributed by atoms with E-state index in [2.05, 4.69) is 18.7 Å². The van der Waals surface area contributed by atoms with E-state index in [4.69, 9.17) is 24.4 Å². The van der Waals surface area contributed by atoms with Crippen LogP contribution in [0.2, 0.25) is 0 Å². The van der Waals surface area contributed by atoms with Gasteiger partial charge in [0, 0.05) is 6.54 Å². The quantitative estimate of drug-likeness (QED) is 0.490. The Labute approximate surface area is 104 Å². The highest BCUT2D eigenvalue weighted by atomic mass is 31.2. The second kappa shape index (κ2) is 12.5. The topological polar surface area (TPSA) is 101 Å². The zero-order valence-electron chi connectivity index (χ0n) is 10.7. The van der Waals surface area contributed by atoms with E-state index < -0.39 is 7.82 Å². The molecule has 106 valence electrons. The fourth-order valence-electron chi connectivity index (χ4n) is 1.24. The summed E-state index contributed by atoms with van der Waals surface area (Å²) < 4.78 is 8.88. The molecular formula is C10H26NO5P. The number of nitrogens with zero attached hydrogens (tertiary/aromatic N) is 1. The molecule has 0 unspecified atom stereocenters. The number of phosphoric acid groups is 1. The molecule has 0 amide bonds. The first-order valence-electron chi connectivity index (χ1n) is 5.96. The van der Waals surface area contributed by atoms with Gasteiger partial charge in [0.15, 0.2) is 0 Å². The summed E-state index contributed by atoms with van der Waals surface area (Å²) in [5, 5.41) is 8.79. The van der Waals surface area contributed by atoms with Crippen LogP contribution in [0.3, 0.4) is 0 Å². The summed E-state index contributed by atoms with van der Waals surface area (Å²) in [6, 6.07) is 0. The Morgan fingerprint density at radius 2 is 1.29 bits per heavy atom. The normalized spacial score (nSPS) is 11.2. The standard InChI is InChI=1S/C10H23NO.H3O4P/c1-3-5-7-11(9-10-12)8-6-4-2;1-5(2,3)4/h12H,3-10H2,1-2H3;(H3,1,2,3,4). The van der Waals surface area contributed by atoms with E-state index in [0.29, 0.717) is 6.61 Å². The molecule has 0 spiro atoms. The lowest BCUT2D eigenvalue weighted by Crippen LogP contribution is -2.28. The van der Waals surface area contributed by atoms with Crippen molar-refractivity contribution in [1.29, 1.82) is 0 Å². The number of hydrogen-bond donors (Lipinski definition) is 4. The largest absolute Gasteiger partial charge is 0.466 e. The number of unbranched alkanes of at least 4 members (excludes halogenated alkanes) is 2. The van der Waals surface area contributed by atoms with Gasteiger partial charge in [-0.1, -0.05) is 26.7 Å². The van der Waals surface area contributed by atoms with Gasteiger partial charge in [-0.3, -0.25) is 0 Å². The molecule has 0 saturated heterocycles. The van der Waals surface area contributed by atoms with Gasteiger partial charge in [-0.15, -0.1) is 0 Å². The van der Waals surface area contributed by atoms with Crippen LogP contribution in [0.25, 0.3) is 0 Å². The van der Waals surface area contributed by atoms with E-state index in [1.807, 2.05) is 0 Å². The smallest absolute Gasteiger partial charge is 0.395 e. The summed E-state index contributed by atoms with van der Waals surface area (Å²) in [6.07, 6.45) is 5.00. The zero-order valence-corrected chi connectivity index (χ0v) is 11.6. The Bertz CT molecular complexity index is 181. The summed E-state index contributed by atoms with van der Waals surface area (Å²) in [5.41, 5.74) is 0. The van der Waals surface area contributed by atoms with Gasteiger partial charge in [0.05, 0.1) is 6.61 Å². The minimum Gasteiger partial charge on any atom is -0.395 e. The Morgan fingerprint density at radius 3 is 1.53 bits per heavy atom. The third-order valence-electron chi connectivity index (χ3n) is 2.07. The maximum absolute atomic E-state index is 8.88. The predicted molar refractivity (Wildman–Crippen MR) is 67.6 cm³/mol. The molecule has 0 aromatic carbocycles. The van der Waals surface area contributed by atoms with Crippen molar-refractivity contribution in [3.05, 3.63) is 0 Å². The monoisotopic (exact) mass is 271 g/mol. The van der Waals surface area contributed by atoms with Crippen LogP contribution in [0.15, 0.2) is 0 Å². The van der Waals surface area contributed by atoms with Crippen molar-refractivity contribution in [2.24, 2.45) is 0 Å². The molecule has 0 aromatic heterocycles. The molecule has 0 aromatic rings. The van der Waals surface area contributed by atoms with E-state index >= 15 is 0 Å². The second-order valence-corrected chi connectivity index (χ2v) is 4.81. The van der Waals surface area contributed by atoms with Gasteiger partial charge in [-0.05, 0) is 25.9 Å². The lowest BCUT2D eigenvalue weighted by atomic mass is 10.2. The van der Waals surface area contributed by atoms with Gasteiger partial charge in [0.1, 0.15) is 0 Å². The minimum absolute atomic E-state index is 0.299. The average molecular weight is 271 g/mol. The molecule has 0 fully saturated rings. The Kier molecular flexibility index (Phi) is 14.2. The van der Waals surface area contributed by atoms with Crippen molar-refractivity contribution < 1.29 is 24.4 Å². The van der Waals surface area contributed by atoms with Crippen molar-refractivity contribution in [2.75, 3.05) is 26.2 Å². The van der Waals surface area contributed by atoms with Crippen molar-refractivity contribution in [3.8, 4) is 0 Å². The van der Waals surface area contributed by atoms with Crippen LogP contribution in [0.1, 0.15) is 39.5 Å². The summed E-state index contributed by atoms with van der Waals surface area (Å²) in [7, 11) is -4.64. The van der Waals surface area contributed by atoms with Crippen molar-refractivity contribution >= 4 is 7.82 Å². The lowest BCUT2D eigenvalue weighted by Gasteiger charge is -2.20. The molecule has 0 bridgehead atoms. The van der Waals surface area contributed by atoms with Crippen molar-refractivity contribution in [3.63, 3.8) is 0 Å². The molecule has 0 radical (unpaired) electrons. The van der Waals surface area contributed by atoms with Crippen LogP contribution >= 0.6 is 7.82 Å². The second-order valence-electron chi connectivity index (χ2n) is 3.79. The first-order valence-corrected chi connectivity index (χ1v) is 7.53. The molecular weight excluding hydrogens is 245 g/mol. The third kappa shape index (κ3) is 25.9. The summed E-state index contributed by atoms with van der Waals surface area (Å²) >= 11 is 0. The van der Waals surface area contributed by atoms with Crippen LogP contribution in [-0.4, -0.2) is 50.9 Å². The maximum atomic E-state index is 8.88. The van der Waals surface area contributed by atoms with E-state index in [0.717, 1.165) is 19.6 Å². The summed E-state index contributed by atoms with van der Waals surface area (Å²) in [6.45, 7) is 7.86. The van der Waals surface area contributed by atoms with Gasteiger partial charge < -0.3 is 24.7 Å². The van der Waals surface area contributed by atoms with Gasteiger partial charge in [-0.2, -0.15) is 0 Å². The molecule has 17 heavy (non-hydrogen) atoms. The van der Waals surface area contributed by atoms with Gasteiger partial charge in [0.25, 0.3) is 0 Å². The first-order chi connectivity index (χ1) is 7.85. The highest BCUT2D eigenvalue weighted by Crippen LogP contribution is 2.25. The van der Waals surface area contributed by atoms with E-state index in [1.54, 1.807) is 0 Å². The molecule has 0 aliphatic heterocycles. The third-order valence-corrected chi connectivity index (χ3v) is 2.07. The molecule has 0 aliphatic rings. The Balaban J connectivity index is 0. The van der Waals surface area contributed by atoms with Crippen LogP contribution in [0.5, 0.6) is 0 Å². The van der Waals surface area contributed by atoms with Crippen LogP contribution < -0.4 is 0 Å². The van der Waals surface area contributed by atoms with Crippen LogP contribution in [-0.2, 0) is 4.57 Å². The number of rotatable bonds is 8. The van der Waals surface area contributed by atoms with Crippen molar-refractivity contribution in [2.45, 2.75) is 39.5 Å². The SMILES string of the molecule is CCCCN(CCO)CCCC.O=P(O)(O)O. The fraction of sp³-hybridized carbons (Fsp3) is 1.00. The Hall–Kier alpha value is 0.0300. The number of hydrogen-bond acceptors (Lipinski definition) is 3. The van der Waals surface area contributed by atoms with Crippen LogP contribution in [0, 0.1) is 0 Å². The molecule has 0 rings (SSSR count). The lowest BCUT2D eigenvalue weighted by molar-refractivity contribution is 0.192. The van der Waals surface area contributed by atoms with Gasteiger partial charge >= 0.3 is 7.82 Å². The molecule has 0 heterocycles.